The lowest BCUT2D eigenvalue weighted by molar-refractivity contribution is -0.139. The van der Waals surface area contributed by atoms with Crippen molar-refractivity contribution in [3.05, 3.63) is 11.6 Å². The summed E-state index contributed by atoms with van der Waals surface area (Å²) in [6.45, 7) is 4.19. The van der Waals surface area contributed by atoms with E-state index in [1.807, 2.05) is 13.0 Å². The van der Waals surface area contributed by atoms with Crippen LogP contribution in [0.2, 0.25) is 0 Å². The highest BCUT2D eigenvalue weighted by Gasteiger charge is 2.21. The van der Waals surface area contributed by atoms with E-state index in [1.54, 1.807) is 0 Å². The van der Waals surface area contributed by atoms with Gasteiger partial charge >= 0.3 is 5.97 Å². The first-order chi connectivity index (χ1) is 19.0. The molecule has 3 unspecified atom stereocenters. The van der Waals surface area contributed by atoms with E-state index in [4.69, 9.17) is 4.74 Å². The van der Waals surface area contributed by atoms with Crippen molar-refractivity contribution in [2.24, 2.45) is 0 Å². The third kappa shape index (κ3) is 21.5. The molecule has 0 aromatic carbocycles. The normalized spacial score (nSPS) is 16.9. The van der Waals surface area contributed by atoms with E-state index in [9.17, 15) is 15.0 Å². The molecule has 0 bridgehead atoms. The maximum atomic E-state index is 11.6. The van der Waals surface area contributed by atoms with Crippen molar-refractivity contribution in [2.75, 3.05) is 0 Å². The third-order valence-corrected chi connectivity index (χ3v) is 8.48. The van der Waals surface area contributed by atoms with Crippen LogP contribution in [0.4, 0.5) is 0 Å². The van der Waals surface area contributed by atoms with Crippen LogP contribution in [0, 0.1) is 0 Å². The minimum absolute atomic E-state index is 0.0420. The summed E-state index contributed by atoms with van der Waals surface area (Å²) in [7, 11) is 0. The Labute approximate surface area is 242 Å². The third-order valence-electron chi connectivity index (χ3n) is 8.48. The molecule has 0 saturated heterocycles. The van der Waals surface area contributed by atoms with Crippen LogP contribution in [0.15, 0.2) is 11.6 Å². The second kappa shape index (κ2) is 26.1. The van der Waals surface area contributed by atoms with Crippen LogP contribution in [0.25, 0.3) is 0 Å². The van der Waals surface area contributed by atoms with Crippen molar-refractivity contribution in [2.45, 2.75) is 206 Å². The molecule has 0 aromatic heterocycles. The van der Waals surface area contributed by atoms with Gasteiger partial charge in [0.25, 0.3) is 0 Å². The zero-order valence-electron chi connectivity index (χ0n) is 26.1. The fraction of sp³-hybridized carbons (Fsp3) is 0.914. The monoisotopic (exact) mass is 550 g/mol. The van der Waals surface area contributed by atoms with Crippen LogP contribution in [-0.4, -0.2) is 34.5 Å². The maximum Gasteiger partial charge on any atom is 0.334 e. The van der Waals surface area contributed by atoms with Crippen molar-refractivity contribution in [3.8, 4) is 0 Å². The Morgan fingerprint density at radius 2 is 0.923 bits per heavy atom. The van der Waals surface area contributed by atoms with Gasteiger partial charge in [-0.25, -0.2) is 4.79 Å². The molecule has 0 saturated carbocycles. The minimum Gasteiger partial charge on any atom is -0.455 e. The number of aliphatic hydroxyl groups excluding tert-OH is 2. The van der Waals surface area contributed by atoms with Crippen LogP contribution in [0.1, 0.15) is 187 Å². The molecule has 0 spiro atoms. The smallest absolute Gasteiger partial charge is 0.334 e. The van der Waals surface area contributed by atoms with Crippen molar-refractivity contribution >= 4 is 5.97 Å². The molecule has 1 rings (SSSR count). The van der Waals surface area contributed by atoms with E-state index in [-0.39, 0.29) is 12.1 Å². The molecule has 0 aromatic rings. The number of rotatable bonds is 29. The Kier molecular flexibility index (Phi) is 24.2. The van der Waals surface area contributed by atoms with Crippen LogP contribution in [-0.2, 0) is 9.53 Å². The van der Waals surface area contributed by atoms with Crippen LogP contribution in [0.3, 0.4) is 0 Å². The average molecular weight is 551 g/mol. The lowest BCUT2D eigenvalue weighted by Crippen LogP contribution is -2.25. The van der Waals surface area contributed by atoms with E-state index >= 15 is 0 Å². The highest BCUT2D eigenvalue weighted by atomic mass is 16.5. The van der Waals surface area contributed by atoms with Crippen molar-refractivity contribution < 1.29 is 19.7 Å². The fourth-order valence-electron chi connectivity index (χ4n) is 5.83. The van der Waals surface area contributed by atoms with Gasteiger partial charge in [-0.3, -0.25) is 0 Å². The molecule has 0 radical (unpaired) electrons. The number of aliphatic hydroxyl groups is 2. The Morgan fingerprint density at radius 1 is 0.590 bits per heavy atom. The van der Waals surface area contributed by atoms with Crippen molar-refractivity contribution in [3.63, 3.8) is 0 Å². The Bertz CT molecular complexity index is 587. The summed E-state index contributed by atoms with van der Waals surface area (Å²) in [4.78, 5) is 11.6. The van der Waals surface area contributed by atoms with E-state index in [0.717, 1.165) is 50.5 Å². The summed E-state index contributed by atoms with van der Waals surface area (Å²) in [5.41, 5.74) is 0.870. The van der Waals surface area contributed by atoms with E-state index < -0.39 is 12.2 Å². The van der Waals surface area contributed by atoms with Gasteiger partial charge in [0.1, 0.15) is 6.10 Å². The summed E-state index contributed by atoms with van der Waals surface area (Å²) in [5.74, 6) is -0.116. The van der Waals surface area contributed by atoms with Gasteiger partial charge in [0.2, 0.25) is 0 Å². The quantitative estimate of drug-likeness (QED) is 0.0718. The predicted octanol–water partition coefficient (Wildman–Crippen LogP) is 10.1. The summed E-state index contributed by atoms with van der Waals surface area (Å²) in [6, 6.07) is 0. The molecule has 3 atom stereocenters. The maximum absolute atomic E-state index is 11.6. The Hall–Kier alpha value is -0.870. The van der Waals surface area contributed by atoms with E-state index in [1.165, 1.54) is 128 Å². The summed E-state index contributed by atoms with van der Waals surface area (Å²) in [6.07, 6.45) is 34.1. The Balaban J connectivity index is 1.77. The summed E-state index contributed by atoms with van der Waals surface area (Å²) >= 11 is 0. The molecule has 1 aliphatic heterocycles. The average Bonchev–Trinajstić information content (AvgIpc) is 3.25. The first kappa shape index (κ1) is 36.2. The van der Waals surface area contributed by atoms with Gasteiger partial charge in [-0.1, -0.05) is 155 Å². The first-order valence-corrected chi connectivity index (χ1v) is 17.3. The zero-order chi connectivity index (χ0) is 28.4. The van der Waals surface area contributed by atoms with Gasteiger partial charge in [-0.15, -0.1) is 0 Å². The number of ether oxygens (including phenoxy) is 1. The second-order valence-electron chi connectivity index (χ2n) is 12.4. The molecule has 4 nitrogen and oxygen atoms in total. The van der Waals surface area contributed by atoms with E-state index in [0.29, 0.717) is 0 Å². The molecule has 0 aliphatic carbocycles. The van der Waals surface area contributed by atoms with Gasteiger partial charge in [0.05, 0.1) is 12.2 Å². The topological polar surface area (TPSA) is 66.8 Å². The largest absolute Gasteiger partial charge is 0.455 e. The first-order valence-electron chi connectivity index (χ1n) is 17.3. The lowest BCUT2D eigenvalue weighted by atomic mass is 9.99. The van der Waals surface area contributed by atoms with Crippen molar-refractivity contribution in [1.82, 2.24) is 0 Å². The van der Waals surface area contributed by atoms with Gasteiger partial charge in [-0.2, -0.15) is 0 Å². The van der Waals surface area contributed by atoms with Crippen LogP contribution in [0.5, 0.6) is 0 Å². The molecular formula is C35H66O4. The minimum atomic E-state index is -0.544. The molecule has 4 heteroatoms. The molecule has 39 heavy (non-hydrogen) atoms. The number of esters is 1. The number of unbranched alkanes of at least 4 members (excludes halogenated alkanes) is 22. The van der Waals surface area contributed by atoms with Crippen LogP contribution >= 0.6 is 0 Å². The molecule has 1 heterocycles. The molecular weight excluding hydrogens is 484 g/mol. The molecule has 0 amide bonds. The molecule has 230 valence electrons. The molecule has 2 N–H and O–H groups in total. The SMILES string of the molecule is CCCCCCCCCCCCCCCCC(O)C(O)CCCCCCCCCCCCC1=CC(C)OC1=O. The number of cyclic esters (lactones) is 1. The van der Waals surface area contributed by atoms with Gasteiger partial charge in [0.15, 0.2) is 0 Å². The fourth-order valence-corrected chi connectivity index (χ4v) is 5.83. The van der Waals surface area contributed by atoms with Crippen LogP contribution < -0.4 is 0 Å². The number of carbonyl (C=O) groups excluding carboxylic acids is 1. The molecule has 1 aliphatic rings. The highest BCUT2D eigenvalue weighted by molar-refractivity contribution is 5.90. The predicted molar refractivity (Wildman–Crippen MR) is 166 cm³/mol. The summed E-state index contributed by atoms with van der Waals surface area (Å²) in [5, 5.41) is 20.6. The van der Waals surface area contributed by atoms with Gasteiger partial charge < -0.3 is 14.9 Å². The highest BCUT2D eigenvalue weighted by Crippen LogP contribution is 2.20. The standard InChI is InChI=1S/C35H66O4/c1-3-4-5-6-7-8-9-10-11-12-16-19-22-25-28-33(36)34(37)29-26-23-20-17-14-13-15-18-21-24-27-32-30-31(2)39-35(32)38/h30-31,33-34,36-37H,3-29H2,1-2H3. The number of carbonyl (C=O) groups is 1. The summed E-state index contributed by atoms with van der Waals surface area (Å²) < 4.78 is 5.14. The number of hydrogen-bond acceptors (Lipinski definition) is 4. The van der Waals surface area contributed by atoms with Gasteiger partial charge in [0, 0.05) is 5.57 Å². The Morgan fingerprint density at radius 3 is 1.26 bits per heavy atom. The van der Waals surface area contributed by atoms with E-state index in [2.05, 4.69) is 6.92 Å². The zero-order valence-corrected chi connectivity index (χ0v) is 26.1. The van der Waals surface area contributed by atoms with Crippen molar-refractivity contribution in [1.29, 1.82) is 0 Å². The number of hydrogen-bond donors (Lipinski definition) is 2. The van der Waals surface area contributed by atoms with Gasteiger partial charge in [-0.05, 0) is 38.7 Å². The lowest BCUT2D eigenvalue weighted by Gasteiger charge is -2.17. The second-order valence-corrected chi connectivity index (χ2v) is 12.4. The molecule has 0 fully saturated rings.